The second kappa shape index (κ2) is 7.25. The summed E-state index contributed by atoms with van der Waals surface area (Å²) in [5.74, 6) is 0.126. The quantitative estimate of drug-likeness (QED) is 0.462. The van der Waals surface area contributed by atoms with Crippen molar-refractivity contribution in [1.29, 1.82) is 0 Å². The van der Waals surface area contributed by atoms with Crippen LogP contribution in [0.5, 0.6) is 5.88 Å². The number of aromatic nitrogens is 3. The minimum Gasteiger partial charge on any atom is -0.494 e. The number of hydrogen-bond acceptors (Lipinski definition) is 5. The van der Waals surface area contributed by atoms with Crippen LogP contribution in [0.3, 0.4) is 0 Å². The van der Waals surface area contributed by atoms with Gasteiger partial charge in [0.1, 0.15) is 5.82 Å². The molecule has 3 aromatic heterocycles. The number of fused-ring (bicyclic) bond motifs is 2. The van der Waals surface area contributed by atoms with E-state index in [1.165, 1.54) is 4.57 Å². The van der Waals surface area contributed by atoms with E-state index in [4.69, 9.17) is 0 Å². The average Bonchev–Trinajstić information content (AvgIpc) is 2.80. The molecule has 144 valence electrons. The highest BCUT2D eigenvalue weighted by molar-refractivity contribution is 6.03. The fraction of sp³-hybridized carbons (Fsp3) is 0. The summed E-state index contributed by atoms with van der Waals surface area (Å²) in [6.45, 7) is 0. The lowest BCUT2D eigenvalue weighted by Crippen LogP contribution is -2.20. The predicted molar refractivity (Wildman–Crippen MR) is 118 cm³/mol. The maximum Gasteiger partial charge on any atom is 0.267 e. The number of rotatable bonds is 3. The van der Waals surface area contributed by atoms with E-state index < -0.39 is 0 Å². The first kappa shape index (κ1) is 17.8. The lowest BCUT2D eigenvalue weighted by atomic mass is 10.1. The Labute approximate surface area is 171 Å². The molecule has 30 heavy (non-hydrogen) atoms. The van der Waals surface area contributed by atoms with Gasteiger partial charge in [-0.2, -0.15) is 0 Å². The van der Waals surface area contributed by atoms with Gasteiger partial charge < -0.3 is 5.11 Å². The summed E-state index contributed by atoms with van der Waals surface area (Å²) in [5.41, 5.74) is 1.53. The average molecular weight is 392 g/mol. The van der Waals surface area contributed by atoms with E-state index in [-0.39, 0.29) is 11.4 Å². The third-order valence-corrected chi connectivity index (χ3v) is 4.93. The van der Waals surface area contributed by atoms with Crippen molar-refractivity contribution in [2.45, 2.75) is 0 Å². The van der Waals surface area contributed by atoms with E-state index >= 15 is 0 Å². The normalized spacial score (nSPS) is 11.5. The smallest absolute Gasteiger partial charge is 0.267 e. The van der Waals surface area contributed by atoms with Crippen molar-refractivity contribution in [2.75, 3.05) is 0 Å². The zero-order valence-corrected chi connectivity index (χ0v) is 15.8. The van der Waals surface area contributed by atoms with E-state index in [2.05, 4.69) is 15.0 Å². The van der Waals surface area contributed by atoms with Crippen molar-refractivity contribution in [3.63, 3.8) is 0 Å². The first-order valence-corrected chi connectivity index (χ1v) is 9.40. The summed E-state index contributed by atoms with van der Waals surface area (Å²) in [4.78, 5) is 26.3. The topological polar surface area (TPSA) is 80.4 Å². The van der Waals surface area contributed by atoms with Gasteiger partial charge in [0.25, 0.3) is 5.56 Å². The van der Waals surface area contributed by atoms with Crippen LogP contribution >= 0.6 is 0 Å². The maximum atomic E-state index is 13.1. The fourth-order valence-corrected chi connectivity index (χ4v) is 3.51. The molecule has 0 bridgehead atoms. The minimum atomic E-state index is -0.342. The highest BCUT2D eigenvalue weighted by atomic mass is 16.3. The van der Waals surface area contributed by atoms with Crippen molar-refractivity contribution in [3.8, 4) is 11.7 Å². The van der Waals surface area contributed by atoms with Crippen molar-refractivity contribution in [2.24, 2.45) is 4.99 Å². The highest BCUT2D eigenvalue weighted by Gasteiger charge is 2.16. The molecule has 0 radical (unpaired) electrons. The van der Waals surface area contributed by atoms with E-state index in [1.54, 1.807) is 55.0 Å². The number of aliphatic imine (C=N–C) groups is 1. The number of pyridine rings is 3. The van der Waals surface area contributed by atoms with Crippen LogP contribution in [0, 0.1) is 0 Å². The zero-order valence-electron chi connectivity index (χ0n) is 15.8. The van der Waals surface area contributed by atoms with Crippen LogP contribution in [0.15, 0.2) is 95.0 Å². The molecule has 0 saturated heterocycles. The van der Waals surface area contributed by atoms with Gasteiger partial charge >= 0.3 is 0 Å². The van der Waals surface area contributed by atoms with Crippen LogP contribution in [0.25, 0.3) is 27.5 Å². The summed E-state index contributed by atoms with van der Waals surface area (Å²) in [6, 6.07) is 21.9. The minimum absolute atomic E-state index is 0.214. The molecule has 3 heterocycles. The second-order valence-electron chi connectivity index (χ2n) is 6.72. The molecule has 0 fully saturated rings. The Morgan fingerprint density at radius 2 is 1.60 bits per heavy atom. The third kappa shape index (κ3) is 2.91. The van der Waals surface area contributed by atoms with Crippen molar-refractivity contribution < 1.29 is 5.11 Å². The fourth-order valence-electron chi connectivity index (χ4n) is 3.51. The molecular formula is C24H16N4O2. The number of benzene rings is 2. The number of aromatic hydroxyl groups is 1. The molecule has 5 rings (SSSR count). The van der Waals surface area contributed by atoms with Gasteiger partial charge in [0.05, 0.1) is 16.8 Å². The molecule has 0 saturated carbocycles. The van der Waals surface area contributed by atoms with Crippen molar-refractivity contribution >= 4 is 33.6 Å². The van der Waals surface area contributed by atoms with Crippen molar-refractivity contribution in [1.82, 2.24) is 14.5 Å². The Balaban J connectivity index is 1.77. The highest BCUT2D eigenvalue weighted by Crippen LogP contribution is 2.27. The van der Waals surface area contributed by atoms with Gasteiger partial charge in [-0.3, -0.25) is 14.8 Å². The van der Waals surface area contributed by atoms with Crippen LogP contribution in [0.2, 0.25) is 0 Å². The Kier molecular flexibility index (Phi) is 4.29. The number of hydrogen-bond donors (Lipinski definition) is 1. The molecule has 6 heteroatoms. The van der Waals surface area contributed by atoms with Gasteiger partial charge in [0.2, 0.25) is 5.88 Å². The molecule has 0 unspecified atom stereocenters. The Hall–Kier alpha value is -4.32. The Morgan fingerprint density at radius 1 is 0.833 bits per heavy atom. The largest absolute Gasteiger partial charge is 0.494 e. The van der Waals surface area contributed by atoms with Crippen LogP contribution in [0.4, 0.5) is 5.69 Å². The molecule has 0 amide bonds. The van der Waals surface area contributed by atoms with E-state index in [9.17, 15) is 9.90 Å². The predicted octanol–water partition coefficient (Wildman–Crippen LogP) is 4.39. The molecule has 0 aliphatic rings. The summed E-state index contributed by atoms with van der Waals surface area (Å²) in [6.07, 6.45) is 4.86. The summed E-state index contributed by atoms with van der Waals surface area (Å²) >= 11 is 0. The van der Waals surface area contributed by atoms with Gasteiger partial charge in [-0.05, 0) is 30.3 Å². The van der Waals surface area contributed by atoms with Crippen LogP contribution in [-0.4, -0.2) is 25.9 Å². The third-order valence-electron chi connectivity index (χ3n) is 4.93. The molecule has 6 nitrogen and oxygen atoms in total. The van der Waals surface area contributed by atoms with Gasteiger partial charge in [-0.15, -0.1) is 0 Å². The molecule has 5 aromatic rings. The number of nitrogens with zero attached hydrogens (tertiary/aromatic N) is 4. The molecule has 1 N–H and O–H groups in total. The molecular weight excluding hydrogens is 376 g/mol. The zero-order chi connectivity index (χ0) is 20.5. The molecule has 2 aromatic carbocycles. The summed E-state index contributed by atoms with van der Waals surface area (Å²) in [5, 5.41) is 13.1. The first-order valence-electron chi connectivity index (χ1n) is 9.40. The number of para-hydroxylation sites is 1. The van der Waals surface area contributed by atoms with Gasteiger partial charge in [0, 0.05) is 34.8 Å². The van der Waals surface area contributed by atoms with Crippen LogP contribution < -0.4 is 5.56 Å². The Morgan fingerprint density at radius 3 is 2.43 bits per heavy atom. The van der Waals surface area contributed by atoms with Gasteiger partial charge in [-0.25, -0.2) is 9.55 Å². The van der Waals surface area contributed by atoms with Crippen LogP contribution in [0.1, 0.15) is 5.56 Å². The molecule has 0 aliphatic heterocycles. The maximum absolute atomic E-state index is 13.1. The van der Waals surface area contributed by atoms with E-state index in [0.717, 1.165) is 10.9 Å². The SMILES string of the molecule is O=c1c2ccccc2c(C=Nc2cccc3cccnc23)c(O)n1-c1ccccn1. The lowest BCUT2D eigenvalue weighted by molar-refractivity contribution is 0.435. The van der Waals surface area contributed by atoms with Gasteiger partial charge in [-0.1, -0.05) is 42.5 Å². The first-order chi connectivity index (χ1) is 14.7. The summed E-state index contributed by atoms with van der Waals surface area (Å²) in [7, 11) is 0. The molecule has 0 spiro atoms. The van der Waals surface area contributed by atoms with Gasteiger partial charge in [0.15, 0.2) is 0 Å². The summed E-state index contributed by atoms with van der Waals surface area (Å²) < 4.78 is 1.20. The molecule has 0 aliphatic carbocycles. The van der Waals surface area contributed by atoms with E-state index in [0.29, 0.717) is 27.8 Å². The monoisotopic (exact) mass is 392 g/mol. The molecule has 0 atom stereocenters. The lowest BCUT2D eigenvalue weighted by Gasteiger charge is -2.12. The van der Waals surface area contributed by atoms with Crippen molar-refractivity contribution in [3.05, 3.63) is 101 Å². The van der Waals surface area contributed by atoms with Crippen LogP contribution in [-0.2, 0) is 0 Å². The van der Waals surface area contributed by atoms with E-state index in [1.807, 2.05) is 36.4 Å². The second-order valence-corrected chi connectivity index (χ2v) is 6.72. The standard InChI is InChI=1S/C24H16N4O2/c29-23-18-10-2-1-9-17(18)19(24(30)28(23)21-12-3-4-13-25-21)15-27-20-11-5-7-16-8-6-14-26-22(16)20/h1-15,30H. The Bertz CT molecular complexity index is 1470.